The molecular formula is C19H32N4O5S. The molecule has 29 heavy (non-hydrogen) atoms. The maximum atomic E-state index is 13.2. The number of carbonyl (C=O) groups excluding carboxylic acids is 3. The van der Waals surface area contributed by atoms with Gasteiger partial charge in [0.15, 0.2) is 0 Å². The molecule has 3 amide bonds. The molecule has 2 saturated heterocycles. The second-order valence-corrected chi connectivity index (χ2v) is 8.56. The van der Waals surface area contributed by atoms with E-state index in [9.17, 15) is 19.2 Å². The Labute approximate surface area is 176 Å². The van der Waals surface area contributed by atoms with Gasteiger partial charge in [-0.05, 0) is 38.0 Å². The monoisotopic (exact) mass is 428 g/mol. The van der Waals surface area contributed by atoms with Gasteiger partial charge >= 0.3 is 5.97 Å². The Morgan fingerprint density at radius 1 is 1.10 bits per heavy atom. The van der Waals surface area contributed by atoms with E-state index in [1.165, 1.54) is 4.90 Å². The number of carboxylic acid groups (broad SMARTS) is 1. The molecule has 0 radical (unpaired) electrons. The molecule has 164 valence electrons. The highest BCUT2D eigenvalue weighted by atomic mass is 32.1. The molecule has 0 saturated carbocycles. The molecule has 0 aromatic heterocycles. The lowest BCUT2D eigenvalue weighted by Crippen LogP contribution is -2.56. The summed E-state index contributed by atoms with van der Waals surface area (Å²) in [6.45, 7) is 4.86. The fourth-order valence-electron chi connectivity index (χ4n) is 4.06. The Hall–Kier alpha value is -1.81. The van der Waals surface area contributed by atoms with E-state index in [4.69, 9.17) is 10.8 Å². The number of thiol groups is 1. The molecular weight excluding hydrogens is 396 g/mol. The first-order chi connectivity index (χ1) is 13.7. The summed E-state index contributed by atoms with van der Waals surface area (Å²) in [4.78, 5) is 52.7. The van der Waals surface area contributed by atoms with Gasteiger partial charge in [0.05, 0.1) is 6.04 Å². The molecule has 4 unspecified atom stereocenters. The van der Waals surface area contributed by atoms with Gasteiger partial charge in [-0.3, -0.25) is 14.4 Å². The Bertz CT molecular complexity index is 644. The number of amides is 3. The van der Waals surface area contributed by atoms with Crippen molar-refractivity contribution in [3.63, 3.8) is 0 Å². The van der Waals surface area contributed by atoms with E-state index >= 15 is 0 Å². The predicted octanol–water partition coefficient (Wildman–Crippen LogP) is -0.159. The van der Waals surface area contributed by atoms with Crippen molar-refractivity contribution in [1.82, 2.24) is 15.1 Å². The summed E-state index contributed by atoms with van der Waals surface area (Å²) in [6, 6.07) is -3.10. The van der Waals surface area contributed by atoms with Crippen molar-refractivity contribution in [2.75, 3.05) is 18.8 Å². The minimum Gasteiger partial charge on any atom is -0.480 e. The van der Waals surface area contributed by atoms with Gasteiger partial charge in [-0.25, -0.2) is 4.79 Å². The van der Waals surface area contributed by atoms with Gasteiger partial charge < -0.3 is 26.0 Å². The van der Waals surface area contributed by atoms with Crippen LogP contribution in [0.3, 0.4) is 0 Å². The van der Waals surface area contributed by atoms with Crippen LogP contribution in [0.2, 0.25) is 0 Å². The minimum atomic E-state index is -1.17. The Balaban J connectivity index is 2.08. The van der Waals surface area contributed by atoms with E-state index in [0.29, 0.717) is 45.2 Å². The smallest absolute Gasteiger partial charge is 0.327 e. The third-order valence-corrected chi connectivity index (χ3v) is 5.86. The zero-order chi connectivity index (χ0) is 21.7. The van der Waals surface area contributed by atoms with E-state index in [-0.39, 0.29) is 23.5 Å². The summed E-state index contributed by atoms with van der Waals surface area (Å²) < 4.78 is 0. The van der Waals surface area contributed by atoms with Gasteiger partial charge in [-0.2, -0.15) is 12.6 Å². The first kappa shape index (κ1) is 23.5. The second-order valence-electron chi connectivity index (χ2n) is 8.20. The van der Waals surface area contributed by atoms with E-state index < -0.39 is 36.0 Å². The Morgan fingerprint density at radius 3 is 2.24 bits per heavy atom. The standard InChI is InChI=1S/C19H32N4O5S/c1-11(2)9-12(20)17(25)23-8-4-6-15(23)18(26)22-7-3-5-14(22)16(24)21-13(10-29)19(27)28/h11-15,29H,3-10,20H2,1-2H3,(H,21,24)(H,27,28). The highest BCUT2D eigenvalue weighted by Crippen LogP contribution is 2.26. The van der Waals surface area contributed by atoms with Crippen LogP contribution in [0.15, 0.2) is 0 Å². The topological polar surface area (TPSA) is 133 Å². The summed E-state index contributed by atoms with van der Waals surface area (Å²) in [5.41, 5.74) is 6.04. The van der Waals surface area contributed by atoms with Crippen molar-refractivity contribution in [3.05, 3.63) is 0 Å². The largest absolute Gasteiger partial charge is 0.480 e. The number of likely N-dealkylation sites (tertiary alicyclic amines) is 2. The molecule has 4 atom stereocenters. The number of rotatable bonds is 8. The molecule has 0 aromatic carbocycles. The maximum absolute atomic E-state index is 13.2. The fourth-order valence-corrected chi connectivity index (χ4v) is 4.30. The van der Waals surface area contributed by atoms with Gasteiger partial charge in [0.1, 0.15) is 18.1 Å². The van der Waals surface area contributed by atoms with Gasteiger partial charge in [-0.15, -0.1) is 0 Å². The van der Waals surface area contributed by atoms with Crippen molar-refractivity contribution in [2.24, 2.45) is 11.7 Å². The summed E-state index contributed by atoms with van der Waals surface area (Å²) in [7, 11) is 0. The van der Waals surface area contributed by atoms with Crippen LogP contribution in [0.4, 0.5) is 0 Å². The number of carboxylic acids is 1. The molecule has 2 aliphatic heterocycles. The van der Waals surface area contributed by atoms with Crippen LogP contribution in [0.1, 0.15) is 46.0 Å². The third-order valence-electron chi connectivity index (χ3n) is 5.50. The molecule has 2 rings (SSSR count). The van der Waals surface area contributed by atoms with E-state index in [1.54, 1.807) is 4.90 Å². The highest BCUT2D eigenvalue weighted by molar-refractivity contribution is 7.80. The van der Waals surface area contributed by atoms with Crippen LogP contribution < -0.4 is 11.1 Å². The van der Waals surface area contributed by atoms with E-state index in [1.807, 2.05) is 13.8 Å². The van der Waals surface area contributed by atoms with Crippen molar-refractivity contribution in [2.45, 2.75) is 70.1 Å². The van der Waals surface area contributed by atoms with E-state index in [0.717, 1.165) is 0 Å². The molecule has 2 aliphatic rings. The summed E-state index contributed by atoms with van der Waals surface area (Å²) in [5, 5.41) is 11.6. The summed E-state index contributed by atoms with van der Waals surface area (Å²) in [6.07, 6.45) is 2.91. The van der Waals surface area contributed by atoms with Gasteiger partial charge in [0, 0.05) is 18.8 Å². The maximum Gasteiger partial charge on any atom is 0.327 e. The number of nitrogens with two attached hydrogens (primary N) is 1. The lowest BCUT2D eigenvalue weighted by molar-refractivity contribution is -0.148. The van der Waals surface area contributed by atoms with Crippen LogP contribution in [0.25, 0.3) is 0 Å². The number of carbonyl (C=O) groups is 4. The molecule has 4 N–H and O–H groups in total. The minimum absolute atomic E-state index is 0.0413. The van der Waals surface area contributed by atoms with Crippen molar-refractivity contribution >= 4 is 36.3 Å². The number of nitrogens with zero attached hydrogens (tertiary/aromatic N) is 2. The lowest BCUT2D eigenvalue weighted by atomic mass is 10.0. The lowest BCUT2D eigenvalue weighted by Gasteiger charge is -2.32. The normalized spacial score (nSPS) is 23.9. The van der Waals surface area contributed by atoms with Gasteiger partial charge in [0.25, 0.3) is 0 Å². The van der Waals surface area contributed by atoms with Crippen molar-refractivity contribution in [1.29, 1.82) is 0 Å². The van der Waals surface area contributed by atoms with Crippen LogP contribution in [-0.2, 0) is 19.2 Å². The molecule has 9 nitrogen and oxygen atoms in total. The van der Waals surface area contributed by atoms with Crippen molar-refractivity contribution in [3.8, 4) is 0 Å². The molecule has 0 aromatic rings. The molecule has 2 fully saturated rings. The molecule has 2 heterocycles. The molecule has 10 heteroatoms. The molecule has 0 spiro atoms. The Kier molecular flexibility index (Phi) is 8.33. The van der Waals surface area contributed by atoms with Crippen LogP contribution >= 0.6 is 12.6 Å². The van der Waals surface area contributed by atoms with Crippen LogP contribution in [-0.4, -0.2) is 81.6 Å². The number of hydrogen-bond acceptors (Lipinski definition) is 6. The average molecular weight is 429 g/mol. The van der Waals surface area contributed by atoms with Crippen LogP contribution in [0, 0.1) is 5.92 Å². The fraction of sp³-hybridized carbons (Fsp3) is 0.789. The number of aliphatic carboxylic acids is 1. The highest BCUT2D eigenvalue weighted by Gasteiger charge is 2.43. The van der Waals surface area contributed by atoms with Crippen molar-refractivity contribution < 1.29 is 24.3 Å². The summed E-state index contributed by atoms with van der Waals surface area (Å²) in [5.74, 6) is -1.92. The predicted molar refractivity (Wildman–Crippen MR) is 110 cm³/mol. The van der Waals surface area contributed by atoms with E-state index in [2.05, 4.69) is 17.9 Å². The third kappa shape index (κ3) is 5.63. The first-order valence-corrected chi connectivity index (χ1v) is 10.8. The number of hydrogen-bond donors (Lipinski definition) is 4. The van der Waals surface area contributed by atoms with Crippen LogP contribution in [0.5, 0.6) is 0 Å². The van der Waals surface area contributed by atoms with Gasteiger partial charge in [0.2, 0.25) is 17.7 Å². The zero-order valence-electron chi connectivity index (χ0n) is 17.0. The summed E-state index contributed by atoms with van der Waals surface area (Å²) >= 11 is 3.95. The molecule has 0 aliphatic carbocycles. The second kappa shape index (κ2) is 10.3. The molecule has 0 bridgehead atoms. The zero-order valence-corrected chi connectivity index (χ0v) is 17.9. The Morgan fingerprint density at radius 2 is 1.69 bits per heavy atom. The average Bonchev–Trinajstić information content (AvgIpc) is 3.33. The SMILES string of the molecule is CC(C)CC(N)C(=O)N1CCCC1C(=O)N1CCCC1C(=O)NC(CS)C(=O)O. The quantitative estimate of drug-likeness (QED) is 0.397. The number of nitrogens with one attached hydrogen (secondary N) is 1. The first-order valence-electron chi connectivity index (χ1n) is 10.2. The van der Waals surface area contributed by atoms with Gasteiger partial charge in [-0.1, -0.05) is 13.8 Å².